The maximum Gasteiger partial charge on any atom is 0.273 e. The summed E-state index contributed by atoms with van der Waals surface area (Å²) < 4.78 is 0. The van der Waals surface area contributed by atoms with E-state index in [4.69, 9.17) is 11.6 Å². The second-order valence-electron chi connectivity index (χ2n) is 4.44. The van der Waals surface area contributed by atoms with Gasteiger partial charge < -0.3 is 5.32 Å². The van der Waals surface area contributed by atoms with Crippen LogP contribution in [0.25, 0.3) is 0 Å². The number of nitro benzene ring substituents is 1. The highest BCUT2D eigenvalue weighted by molar-refractivity contribution is 6.30. The van der Waals surface area contributed by atoms with Gasteiger partial charge in [0.15, 0.2) is 0 Å². The van der Waals surface area contributed by atoms with Crippen molar-refractivity contribution in [1.82, 2.24) is 5.32 Å². The minimum Gasteiger partial charge on any atom is -0.310 e. The fourth-order valence-corrected chi connectivity index (χ4v) is 1.58. The average Bonchev–Trinajstić information content (AvgIpc) is 2.25. The molecule has 0 amide bonds. The molecule has 0 fully saturated rings. The Morgan fingerprint density at radius 3 is 2.59 bits per heavy atom. The Labute approximate surface area is 106 Å². The first-order chi connectivity index (χ1) is 7.91. The first-order valence-corrected chi connectivity index (χ1v) is 5.95. The molecule has 1 atom stereocenters. The van der Waals surface area contributed by atoms with Crippen molar-refractivity contribution < 1.29 is 4.92 Å². The lowest BCUT2D eigenvalue weighted by Gasteiger charge is -2.17. The van der Waals surface area contributed by atoms with Crippen molar-refractivity contribution in [3.05, 3.63) is 38.9 Å². The first-order valence-electron chi connectivity index (χ1n) is 5.58. The van der Waals surface area contributed by atoms with Crippen molar-refractivity contribution in [2.75, 3.05) is 0 Å². The highest BCUT2D eigenvalue weighted by Gasteiger charge is 2.15. The summed E-state index contributed by atoms with van der Waals surface area (Å²) in [4.78, 5) is 10.5. The van der Waals surface area contributed by atoms with Gasteiger partial charge >= 0.3 is 0 Å². The maximum atomic E-state index is 10.8. The van der Waals surface area contributed by atoms with Crippen LogP contribution in [0.3, 0.4) is 0 Å². The van der Waals surface area contributed by atoms with E-state index in [2.05, 4.69) is 26.1 Å². The monoisotopic (exact) mass is 256 g/mol. The fraction of sp³-hybridized carbons (Fsp3) is 0.500. The molecule has 0 aliphatic rings. The van der Waals surface area contributed by atoms with Crippen LogP contribution in [-0.2, 0) is 6.54 Å². The molecule has 1 N–H and O–H groups in total. The number of nitro groups is 1. The topological polar surface area (TPSA) is 55.2 Å². The number of halogens is 1. The van der Waals surface area contributed by atoms with Gasteiger partial charge in [-0.25, -0.2) is 0 Å². The van der Waals surface area contributed by atoms with E-state index in [0.717, 1.165) is 0 Å². The molecule has 0 aliphatic heterocycles. The Kier molecular flexibility index (Phi) is 4.90. The van der Waals surface area contributed by atoms with Crippen LogP contribution < -0.4 is 5.32 Å². The zero-order valence-corrected chi connectivity index (χ0v) is 11.0. The Bertz CT molecular complexity index is 407. The molecule has 5 heteroatoms. The Hall–Kier alpha value is -1.13. The number of hydrogen-bond acceptors (Lipinski definition) is 3. The van der Waals surface area contributed by atoms with Crippen molar-refractivity contribution in [3.8, 4) is 0 Å². The summed E-state index contributed by atoms with van der Waals surface area (Å²) in [6.45, 7) is 6.71. The molecular weight excluding hydrogens is 240 g/mol. The first kappa shape index (κ1) is 13.9. The van der Waals surface area contributed by atoms with Crippen LogP contribution in [0.5, 0.6) is 0 Å². The Balaban J connectivity index is 2.82. The van der Waals surface area contributed by atoms with Gasteiger partial charge in [0.05, 0.1) is 4.92 Å². The largest absolute Gasteiger partial charge is 0.310 e. The quantitative estimate of drug-likeness (QED) is 0.649. The molecule has 4 nitrogen and oxygen atoms in total. The van der Waals surface area contributed by atoms with E-state index in [9.17, 15) is 10.1 Å². The van der Waals surface area contributed by atoms with Gasteiger partial charge in [0, 0.05) is 29.2 Å². The summed E-state index contributed by atoms with van der Waals surface area (Å²) in [5.74, 6) is 0.480. The number of nitrogens with zero attached hydrogens (tertiary/aromatic N) is 1. The molecule has 17 heavy (non-hydrogen) atoms. The minimum absolute atomic E-state index is 0.109. The van der Waals surface area contributed by atoms with E-state index >= 15 is 0 Å². The van der Waals surface area contributed by atoms with Crippen molar-refractivity contribution in [2.24, 2.45) is 5.92 Å². The summed E-state index contributed by atoms with van der Waals surface area (Å²) >= 11 is 5.85. The van der Waals surface area contributed by atoms with Gasteiger partial charge in [-0.1, -0.05) is 25.4 Å². The lowest BCUT2D eigenvalue weighted by Crippen LogP contribution is -2.30. The zero-order valence-electron chi connectivity index (χ0n) is 10.2. The van der Waals surface area contributed by atoms with Crippen molar-refractivity contribution in [2.45, 2.75) is 33.4 Å². The summed E-state index contributed by atoms with van der Waals surface area (Å²) in [6.07, 6.45) is 0. The Morgan fingerprint density at radius 2 is 2.06 bits per heavy atom. The zero-order chi connectivity index (χ0) is 13.0. The third kappa shape index (κ3) is 3.98. The Morgan fingerprint density at radius 1 is 1.41 bits per heavy atom. The molecule has 0 radical (unpaired) electrons. The van der Waals surface area contributed by atoms with Crippen LogP contribution in [0.4, 0.5) is 5.69 Å². The molecule has 0 aliphatic carbocycles. The average molecular weight is 257 g/mol. The number of hydrogen-bond donors (Lipinski definition) is 1. The summed E-state index contributed by atoms with van der Waals surface area (Å²) in [6, 6.07) is 4.92. The van der Waals surface area contributed by atoms with Gasteiger partial charge in [0.25, 0.3) is 5.69 Å². The standard InChI is InChI=1S/C12H17ClN2O2/c1-8(2)9(3)14-7-10-6-11(13)4-5-12(10)15(16)17/h4-6,8-9,14H,7H2,1-3H3. The van der Waals surface area contributed by atoms with E-state index in [1.54, 1.807) is 6.07 Å². The molecule has 0 saturated heterocycles. The molecule has 1 rings (SSSR count). The van der Waals surface area contributed by atoms with E-state index in [1.807, 2.05) is 0 Å². The fourth-order valence-electron chi connectivity index (χ4n) is 1.38. The van der Waals surface area contributed by atoms with Crippen LogP contribution in [0.2, 0.25) is 5.02 Å². The molecule has 0 heterocycles. The third-order valence-electron chi connectivity index (χ3n) is 2.85. The normalized spacial score (nSPS) is 12.8. The lowest BCUT2D eigenvalue weighted by molar-refractivity contribution is -0.385. The van der Waals surface area contributed by atoms with E-state index in [-0.39, 0.29) is 10.6 Å². The number of rotatable bonds is 5. The van der Waals surface area contributed by atoms with Crippen LogP contribution in [0.15, 0.2) is 18.2 Å². The second kappa shape index (κ2) is 5.98. The van der Waals surface area contributed by atoms with Crippen LogP contribution >= 0.6 is 11.6 Å². The summed E-state index contributed by atoms with van der Waals surface area (Å²) in [5, 5.41) is 14.6. The van der Waals surface area contributed by atoms with E-state index < -0.39 is 0 Å². The molecule has 0 bridgehead atoms. The van der Waals surface area contributed by atoms with Gasteiger partial charge in [0.2, 0.25) is 0 Å². The van der Waals surface area contributed by atoms with Crippen molar-refractivity contribution in [3.63, 3.8) is 0 Å². The molecule has 0 spiro atoms. The van der Waals surface area contributed by atoms with E-state index in [0.29, 0.717) is 29.1 Å². The second-order valence-corrected chi connectivity index (χ2v) is 4.88. The summed E-state index contributed by atoms with van der Waals surface area (Å²) in [7, 11) is 0. The molecule has 0 saturated carbocycles. The summed E-state index contributed by atoms with van der Waals surface area (Å²) in [5.41, 5.74) is 0.729. The lowest BCUT2D eigenvalue weighted by atomic mass is 10.1. The van der Waals surface area contributed by atoms with E-state index in [1.165, 1.54) is 12.1 Å². The minimum atomic E-state index is -0.382. The van der Waals surface area contributed by atoms with Gasteiger partial charge in [-0.2, -0.15) is 0 Å². The van der Waals surface area contributed by atoms with Crippen LogP contribution in [0.1, 0.15) is 26.3 Å². The number of nitrogens with one attached hydrogen (secondary N) is 1. The predicted molar refractivity (Wildman–Crippen MR) is 69.2 cm³/mol. The number of benzene rings is 1. The SMILES string of the molecule is CC(C)C(C)NCc1cc(Cl)ccc1[N+](=O)[O-]. The molecule has 0 aromatic heterocycles. The van der Waals surface area contributed by atoms with Crippen LogP contribution in [0, 0.1) is 16.0 Å². The van der Waals surface area contributed by atoms with Crippen LogP contribution in [-0.4, -0.2) is 11.0 Å². The highest BCUT2D eigenvalue weighted by Crippen LogP contribution is 2.22. The molecule has 94 valence electrons. The van der Waals surface area contributed by atoms with Gasteiger partial charge in [-0.15, -0.1) is 0 Å². The molecular formula is C12H17ClN2O2. The van der Waals surface area contributed by atoms with Crippen molar-refractivity contribution in [1.29, 1.82) is 0 Å². The van der Waals surface area contributed by atoms with Gasteiger partial charge in [0.1, 0.15) is 0 Å². The van der Waals surface area contributed by atoms with Gasteiger partial charge in [-0.05, 0) is 25.0 Å². The van der Waals surface area contributed by atoms with Gasteiger partial charge in [-0.3, -0.25) is 10.1 Å². The highest BCUT2D eigenvalue weighted by atomic mass is 35.5. The van der Waals surface area contributed by atoms with Crippen molar-refractivity contribution >= 4 is 17.3 Å². The molecule has 1 aromatic rings. The predicted octanol–water partition coefficient (Wildman–Crippen LogP) is 3.38. The molecule has 1 aromatic carbocycles. The third-order valence-corrected chi connectivity index (χ3v) is 3.09. The molecule has 1 unspecified atom stereocenters. The maximum absolute atomic E-state index is 10.8. The smallest absolute Gasteiger partial charge is 0.273 e.